The van der Waals surface area contributed by atoms with Gasteiger partial charge in [-0.05, 0) is 214 Å². The molecule has 33 nitrogen and oxygen atoms in total. The van der Waals surface area contributed by atoms with E-state index in [0.29, 0.717) is 105 Å². The molecule has 1 aromatic carbocycles. The first-order chi connectivity index (χ1) is 64.5. The van der Waals surface area contributed by atoms with Crippen LogP contribution in [0.2, 0.25) is 0 Å². The number of carbonyl (C=O) groups is 9. The van der Waals surface area contributed by atoms with Crippen molar-refractivity contribution in [1.82, 2.24) is 23.7 Å². The number of allylic oxidation sites excluding steroid dienone is 6. The quantitative estimate of drug-likeness (QED) is 0.0582. The molecule has 12 rings (SSSR count). The van der Waals surface area contributed by atoms with Gasteiger partial charge in [0.25, 0.3) is 23.4 Å². The Balaban J connectivity index is 0.000000297. The number of cyclic esters (lactones) is 1. The lowest BCUT2D eigenvalue weighted by Gasteiger charge is -2.47. The van der Waals surface area contributed by atoms with E-state index in [1.165, 1.54) is 42.7 Å². The first kappa shape index (κ1) is 110. The number of aromatic nitrogens is 3. The summed E-state index contributed by atoms with van der Waals surface area (Å²) in [6.45, 7) is 22.9. The summed E-state index contributed by atoms with van der Waals surface area (Å²) in [4.78, 5) is 160. The van der Waals surface area contributed by atoms with Gasteiger partial charge in [0, 0.05) is 118 Å². The monoisotopic (exact) mass is 1910 g/mol. The minimum absolute atomic E-state index is 0.0255. The normalized spacial score (nSPS) is 39.2. The molecule has 33 heteroatoms. The fourth-order valence-electron chi connectivity index (χ4n) is 22.2. The number of carbonyl (C=O) groups excluding carboxylic acids is 9. The molecule has 6 N–H and O–H groups in total. The van der Waals surface area contributed by atoms with E-state index in [1.807, 2.05) is 58.9 Å². The molecule has 8 aliphatic heterocycles. The highest BCUT2D eigenvalue weighted by Crippen LogP contribution is 2.44. The van der Waals surface area contributed by atoms with Crippen molar-refractivity contribution in [3.05, 3.63) is 110 Å². The second-order valence-electron chi connectivity index (χ2n) is 40.5. The number of aliphatic hydroxyl groups is 6. The van der Waals surface area contributed by atoms with Crippen molar-refractivity contribution in [2.45, 2.75) is 359 Å². The minimum Gasteiger partial charge on any atom is -0.460 e. The minimum atomic E-state index is -2.57. The zero-order valence-corrected chi connectivity index (χ0v) is 83.5. The van der Waals surface area contributed by atoms with Crippen molar-refractivity contribution in [3.63, 3.8) is 0 Å². The molecule has 2 saturated carbocycles. The number of piperidine rings is 2. The molecule has 2 amide bonds. The van der Waals surface area contributed by atoms with E-state index < -0.39 is 209 Å². The molecule has 1 aromatic heterocycles. The largest absolute Gasteiger partial charge is 0.460 e. The summed E-state index contributed by atoms with van der Waals surface area (Å²) < 4.78 is 69.3. The van der Waals surface area contributed by atoms with Gasteiger partial charge in [-0.2, -0.15) is 0 Å². The van der Waals surface area contributed by atoms with Crippen LogP contribution in [-0.2, 0) is 95.3 Å². The average Bonchev–Trinajstić information content (AvgIpc) is 1.57. The number of benzene rings is 1. The van der Waals surface area contributed by atoms with Crippen molar-refractivity contribution in [2.24, 2.45) is 65.1 Å². The highest BCUT2D eigenvalue weighted by molar-refractivity contribution is 6.39. The van der Waals surface area contributed by atoms with E-state index in [2.05, 4.69) is 0 Å². The number of hydrogen-bond acceptors (Lipinski definition) is 28. The molecule has 0 radical (unpaired) electrons. The van der Waals surface area contributed by atoms with E-state index in [-0.39, 0.29) is 112 Å². The summed E-state index contributed by atoms with van der Waals surface area (Å²) in [7, 11) is 10.7. The van der Waals surface area contributed by atoms with Crippen LogP contribution < -0.4 is 11.4 Å². The van der Waals surface area contributed by atoms with Crippen LogP contribution in [0.3, 0.4) is 0 Å². The Kier molecular flexibility index (Phi) is 39.8. The first-order valence-corrected chi connectivity index (χ1v) is 49.4. The van der Waals surface area contributed by atoms with E-state index in [4.69, 9.17) is 52.1 Å². The molecule has 32 atom stereocenters. The number of amides is 2. The molecule has 136 heavy (non-hydrogen) atoms. The molecule has 9 heterocycles. The van der Waals surface area contributed by atoms with Gasteiger partial charge in [-0.25, -0.2) is 33.1 Å². The summed E-state index contributed by atoms with van der Waals surface area (Å²) >= 11 is 0. The highest BCUT2D eigenvalue weighted by atomic mass is 16.7. The van der Waals surface area contributed by atoms with Crippen LogP contribution >= 0.6 is 0 Å². The lowest BCUT2D eigenvalue weighted by atomic mass is 9.78. The Bertz CT molecular complexity index is 4720. The van der Waals surface area contributed by atoms with Crippen LogP contribution in [0.1, 0.15) is 243 Å². The Labute approximate surface area is 800 Å². The van der Waals surface area contributed by atoms with E-state index in [0.717, 1.165) is 22.3 Å². The molecule has 6 fully saturated rings. The van der Waals surface area contributed by atoms with Crippen molar-refractivity contribution in [1.29, 1.82) is 0 Å². The number of esters is 2. The molecule has 10 aliphatic rings. The Morgan fingerprint density at radius 2 is 1.12 bits per heavy atom. The number of para-hydroxylation sites is 1. The summed E-state index contributed by atoms with van der Waals surface area (Å²) in [5, 5.41) is 69.6. The number of aliphatic hydroxyl groups excluding tert-OH is 4. The molecule has 0 spiro atoms. The molecule has 2 aromatic rings. The van der Waals surface area contributed by atoms with Crippen LogP contribution in [0.15, 0.2) is 98.7 Å². The number of nitrogens with zero attached hydrogens (tertiary/aromatic N) is 5. The SMILES string of the molecule is CC[C@@H]1/C=C(\C)[C@@H](O)[C@H](C)C[C@H](OC)[C@H]2O[C@@](O)(C(=O)C(=O)N3CCCC[C@H]3C(=O)O[C@H](/C(C)=C/[C@@H]3CC[C@@H](O)[C@H](OC)C3)[C@H](C)[C@@H](O)CC1=O)[C@H](C)C[C@@H]2OC.CO[C@H]1C[C@@H]2CC[C@@H](C)[C@@](O)(O2)C(=O)C(=O)N2CCCC[C@H]2C(=O)O[C@H]([C@H](C)C[C@@H]2CC[C@@H](OC)[C@H](OC)C2)CC(=O)[C@H](C)/C=C(\C)[C@@H](O)[C@@H](OC)C(=O)[C@H](C)C[C@H](C)C2C=CC(/C=C/1C)n1c(=O)n(-c3ccccc3)c(=O)n12. The van der Waals surface area contributed by atoms with Crippen molar-refractivity contribution < 1.29 is 126 Å². The second-order valence-corrected chi connectivity index (χ2v) is 40.5. The van der Waals surface area contributed by atoms with E-state index >= 15 is 0 Å². The van der Waals surface area contributed by atoms with Crippen LogP contribution in [0.4, 0.5) is 0 Å². The third kappa shape index (κ3) is 25.2. The topological polar surface area (TPSA) is 432 Å². The van der Waals surface area contributed by atoms with Gasteiger partial charge in [0.15, 0.2) is 5.78 Å². The third-order valence-electron chi connectivity index (χ3n) is 31.0. The maximum absolute atomic E-state index is 14.6. The van der Waals surface area contributed by atoms with E-state index in [1.54, 1.807) is 119 Å². The average molecular weight is 1910 g/mol. The van der Waals surface area contributed by atoms with Gasteiger partial charge in [-0.15, -0.1) is 0 Å². The van der Waals surface area contributed by atoms with E-state index in [9.17, 15) is 83.4 Å². The van der Waals surface area contributed by atoms with Gasteiger partial charge in [-0.3, -0.25) is 33.6 Å². The molecule has 2 unspecified atom stereocenters. The Morgan fingerprint density at radius 3 is 1.72 bits per heavy atom. The Morgan fingerprint density at radius 1 is 0.537 bits per heavy atom. The summed E-state index contributed by atoms with van der Waals surface area (Å²) in [6.07, 6.45) is 7.34. The zero-order chi connectivity index (χ0) is 100.0. The number of ether oxygens (including phenoxy) is 11. The Hall–Kier alpha value is -7.71. The van der Waals surface area contributed by atoms with Crippen LogP contribution in [0.5, 0.6) is 0 Å². The molecule has 6 bridgehead atoms. The number of hydrogen-bond donors (Lipinski definition) is 6. The van der Waals surface area contributed by atoms with Gasteiger partial charge in [0.05, 0.1) is 78.8 Å². The predicted molar refractivity (Wildman–Crippen MR) is 503 cm³/mol. The standard InChI is InChI=1S/C60H86N4O15.C43H69NO13/c1-34-27-38(5)52(66)54(77-11)53(67)39(6)28-35(2)47(65)33-50(36(3)29-41-21-25-48(74-8)51(31-41)76-10)78-57(70)46-19-15-16-26-61(46)56(69)55(68)60(73)40(7)20-23-44(79-60)32-49(75-9)37(4)30-43-22-24-45(34)64-59(72)62(58(71)63(43)64)42-17-13-12-14-18-42;1-10-29-18-23(2)37(48)24(3)19-35(54-8)39-36(55-9)20-26(5)43(52,57-39)40(49)41(50)44-16-12-11-13-30(44)42(51)56-38(27(6)32(46)22-33(29)47)25(4)17-28-14-15-31(45)34(21-28)53-7/h12-14,17-18,22,24,28,30,34-36,38,40-41,43-46,48-51,53-54,67,73H,15-16,19-21,23,25-27,29,31-33H2,1-11H3;17-18,24,26-32,34-39,45-46,48,52H,10-16,19-22H2,1-9H3/b37-30+,39-28+;23-18+,25-17+/t34-,35+,36+,38+,40+,41-,43?,44-,45?,46-,48+,49-,50-,51+,53+,54-,60+;24-,26-,27-,28+,29-,30+,31-,32+,34-,35+,36+,37-,38-,39-,43-/m01/s1. The van der Waals surface area contributed by atoms with Gasteiger partial charge < -0.3 is 92.5 Å². The van der Waals surface area contributed by atoms with Gasteiger partial charge in [0.2, 0.25) is 11.6 Å². The molecular formula is C103H155N5O28. The number of Topliss-reactive ketones (excluding diaryl/α,β-unsaturated/α-hetero) is 5. The maximum Gasteiger partial charge on any atom is 0.352 e. The fraction of sp³-hybridized carbons (Fsp3) is 0.738. The van der Waals surface area contributed by atoms with Crippen LogP contribution in [0.25, 0.3) is 5.69 Å². The van der Waals surface area contributed by atoms with Crippen LogP contribution in [0, 0.1) is 65.1 Å². The fourth-order valence-corrected chi connectivity index (χ4v) is 22.2. The third-order valence-corrected chi connectivity index (χ3v) is 31.0. The number of fused-ring (bicyclic) bond motifs is 18. The van der Waals surface area contributed by atoms with Gasteiger partial charge in [-0.1, -0.05) is 117 Å². The van der Waals surface area contributed by atoms with Crippen molar-refractivity contribution in [3.8, 4) is 5.69 Å². The number of rotatable bonds is 14. The molecule has 760 valence electrons. The zero-order valence-electron chi connectivity index (χ0n) is 83.5. The smallest absolute Gasteiger partial charge is 0.352 e. The highest BCUT2D eigenvalue weighted by Gasteiger charge is 2.58. The summed E-state index contributed by atoms with van der Waals surface area (Å²) in [5.74, 6) is -17.8. The summed E-state index contributed by atoms with van der Waals surface area (Å²) in [6, 6.07) is 4.77. The summed E-state index contributed by atoms with van der Waals surface area (Å²) in [5.41, 5.74) is 1.35. The number of ketones is 5. The lowest BCUT2D eigenvalue weighted by molar-refractivity contribution is -0.302. The molecular weight excluding hydrogens is 1760 g/mol. The maximum atomic E-state index is 14.6. The second kappa shape index (κ2) is 49.1. The predicted octanol–water partition coefficient (Wildman–Crippen LogP) is 9.63. The van der Waals surface area contributed by atoms with Crippen molar-refractivity contribution >= 4 is 52.7 Å². The first-order valence-electron chi connectivity index (χ1n) is 49.4. The van der Waals surface area contributed by atoms with Crippen LogP contribution in [-0.4, -0.2) is 285 Å². The molecule has 2 aliphatic carbocycles. The molecule has 4 saturated heterocycles. The lowest BCUT2D eigenvalue weighted by Crippen LogP contribution is -2.64. The van der Waals surface area contributed by atoms with Gasteiger partial charge >= 0.3 is 23.3 Å². The number of methoxy groups -OCH3 is 7. The van der Waals surface area contributed by atoms with Gasteiger partial charge in [0.1, 0.15) is 54.2 Å². The van der Waals surface area contributed by atoms with Crippen molar-refractivity contribution in [2.75, 3.05) is 62.9 Å².